The monoisotopic (exact) mass is 362 g/mol. The molecule has 27 heavy (non-hydrogen) atoms. The Hall–Kier alpha value is -3.67. The number of nitrogens with zero attached hydrogens (tertiary/aromatic N) is 1. The second-order valence-corrected chi connectivity index (χ2v) is 5.91. The number of fused-ring (bicyclic) bond motifs is 1. The van der Waals surface area contributed by atoms with Crippen molar-refractivity contribution < 1.29 is 18.7 Å². The Labute approximate surface area is 154 Å². The molecule has 4 rings (SSSR count). The van der Waals surface area contributed by atoms with Gasteiger partial charge in [-0.3, -0.25) is 5.10 Å². The van der Waals surface area contributed by atoms with Gasteiger partial charge in [-0.1, -0.05) is 36.4 Å². The number of aromatic nitrogens is 2. The van der Waals surface area contributed by atoms with Crippen LogP contribution in [-0.4, -0.2) is 23.3 Å². The van der Waals surface area contributed by atoms with E-state index in [1.807, 2.05) is 42.5 Å². The Morgan fingerprint density at radius 1 is 1.04 bits per heavy atom. The number of esters is 1. The molecule has 4 aromatic rings. The maximum absolute atomic E-state index is 13.8. The summed E-state index contributed by atoms with van der Waals surface area (Å²) in [4.78, 5) is 12.2. The SMILES string of the molecule is COC(=O)c1cc(-c2cn[nH]c2F)ccc1Oc1ccc2ccccc2c1. The highest BCUT2D eigenvalue weighted by atomic mass is 19.1. The van der Waals surface area contributed by atoms with Gasteiger partial charge in [-0.05, 0) is 40.6 Å². The lowest BCUT2D eigenvalue weighted by atomic mass is 10.0. The van der Waals surface area contributed by atoms with E-state index in [-0.39, 0.29) is 11.1 Å². The topological polar surface area (TPSA) is 64.2 Å². The van der Waals surface area contributed by atoms with Crippen LogP contribution in [0.4, 0.5) is 4.39 Å². The molecule has 0 atom stereocenters. The van der Waals surface area contributed by atoms with Gasteiger partial charge in [-0.15, -0.1) is 0 Å². The first kappa shape index (κ1) is 16.8. The molecule has 0 aliphatic heterocycles. The van der Waals surface area contributed by atoms with Crippen molar-refractivity contribution in [2.24, 2.45) is 0 Å². The van der Waals surface area contributed by atoms with E-state index in [0.29, 0.717) is 17.1 Å². The Kier molecular flexibility index (Phi) is 4.30. The van der Waals surface area contributed by atoms with Crippen molar-refractivity contribution in [1.82, 2.24) is 10.2 Å². The number of aromatic amines is 1. The van der Waals surface area contributed by atoms with E-state index in [9.17, 15) is 9.18 Å². The highest BCUT2D eigenvalue weighted by Crippen LogP contribution is 2.32. The number of ether oxygens (including phenoxy) is 2. The summed E-state index contributed by atoms with van der Waals surface area (Å²) in [6.45, 7) is 0. The number of methoxy groups -OCH3 is 1. The molecular formula is C21H15FN2O3. The van der Waals surface area contributed by atoms with E-state index < -0.39 is 11.9 Å². The van der Waals surface area contributed by atoms with Crippen molar-refractivity contribution >= 4 is 16.7 Å². The minimum absolute atomic E-state index is 0.198. The van der Waals surface area contributed by atoms with Crippen LogP contribution >= 0.6 is 0 Å². The molecule has 0 aliphatic carbocycles. The number of rotatable bonds is 4. The van der Waals surface area contributed by atoms with Crippen molar-refractivity contribution in [3.05, 3.63) is 78.4 Å². The van der Waals surface area contributed by atoms with Crippen LogP contribution in [0.15, 0.2) is 66.9 Å². The first-order valence-corrected chi connectivity index (χ1v) is 8.24. The van der Waals surface area contributed by atoms with Gasteiger partial charge in [-0.25, -0.2) is 4.79 Å². The molecule has 0 aliphatic rings. The number of carbonyl (C=O) groups excluding carboxylic acids is 1. The summed E-state index contributed by atoms with van der Waals surface area (Å²) in [7, 11) is 1.28. The molecule has 0 bridgehead atoms. The molecular weight excluding hydrogens is 347 g/mol. The molecule has 0 amide bonds. The number of hydrogen-bond donors (Lipinski definition) is 1. The third kappa shape index (κ3) is 3.25. The van der Waals surface area contributed by atoms with Crippen molar-refractivity contribution in [3.63, 3.8) is 0 Å². The second-order valence-electron chi connectivity index (χ2n) is 5.91. The van der Waals surface area contributed by atoms with E-state index in [2.05, 4.69) is 10.2 Å². The van der Waals surface area contributed by atoms with Crippen LogP contribution in [0.3, 0.4) is 0 Å². The normalized spacial score (nSPS) is 10.7. The molecule has 0 saturated heterocycles. The predicted octanol–water partition coefficient (Wildman–Crippen LogP) is 4.95. The number of carbonyl (C=O) groups is 1. The average Bonchev–Trinajstić information content (AvgIpc) is 3.13. The molecule has 1 N–H and O–H groups in total. The van der Waals surface area contributed by atoms with Crippen molar-refractivity contribution in [3.8, 4) is 22.6 Å². The molecule has 0 fully saturated rings. The molecule has 0 radical (unpaired) electrons. The summed E-state index contributed by atoms with van der Waals surface area (Å²) in [6, 6.07) is 18.4. The van der Waals surface area contributed by atoms with E-state index in [1.54, 1.807) is 12.1 Å². The smallest absolute Gasteiger partial charge is 0.341 e. The number of halogens is 1. The average molecular weight is 362 g/mol. The molecule has 6 heteroatoms. The highest BCUT2D eigenvalue weighted by molar-refractivity contribution is 5.94. The van der Waals surface area contributed by atoms with Gasteiger partial charge in [0.05, 0.1) is 18.9 Å². The van der Waals surface area contributed by atoms with Crippen LogP contribution in [0.25, 0.3) is 21.9 Å². The van der Waals surface area contributed by atoms with Gasteiger partial charge in [0, 0.05) is 0 Å². The molecule has 0 unspecified atom stereocenters. The third-order valence-corrected chi connectivity index (χ3v) is 4.24. The van der Waals surface area contributed by atoms with Gasteiger partial charge in [0.15, 0.2) is 0 Å². The molecule has 1 aromatic heterocycles. The third-order valence-electron chi connectivity index (χ3n) is 4.24. The first-order valence-electron chi connectivity index (χ1n) is 8.24. The summed E-state index contributed by atoms with van der Waals surface area (Å²) in [5.41, 5.74) is 0.952. The van der Waals surface area contributed by atoms with Gasteiger partial charge in [0.2, 0.25) is 5.95 Å². The molecule has 3 aromatic carbocycles. The highest BCUT2D eigenvalue weighted by Gasteiger charge is 2.17. The molecule has 134 valence electrons. The van der Waals surface area contributed by atoms with Crippen LogP contribution in [0.5, 0.6) is 11.5 Å². The van der Waals surface area contributed by atoms with Crippen LogP contribution in [0.1, 0.15) is 10.4 Å². The summed E-state index contributed by atoms with van der Waals surface area (Å²) < 4.78 is 24.6. The van der Waals surface area contributed by atoms with Crippen molar-refractivity contribution in [2.45, 2.75) is 0 Å². The molecule has 0 saturated carbocycles. The molecule has 5 nitrogen and oxygen atoms in total. The fourth-order valence-corrected chi connectivity index (χ4v) is 2.89. The number of H-pyrrole nitrogens is 1. The van der Waals surface area contributed by atoms with Gasteiger partial charge in [0.1, 0.15) is 17.1 Å². The maximum atomic E-state index is 13.8. The lowest BCUT2D eigenvalue weighted by Gasteiger charge is -2.12. The zero-order valence-corrected chi connectivity index (χ0v) is 14.4. The van der Waals surface area contributed by atoms with Crippen LogP contribution < -0.4 is 4.74 Å². The number of hydrogen-bond acceptors (Lipinski definition) is 4. The first-order chi connectivity index (χ1) is 13.2. The Balaban J connectivity index is 1.74. The Bertz CT molecular complexity index is 1140. The van der Waals surface area contributed by atoms with Crippen molar-refractivity contribution in [1.29, 1.82) is 0 Å². The number of nitrogens with one attached hydrogen (secondary N) is 1. The summed E-state index contributed by atoms with van der Waals surface area (Å²) in [5.74, 6) is -0.239. The van der Waals surface area contributed by atoms with Gasteiger partial charge < -0.3 is 9.47 Å². The summed E-state index contributed by atoms with van der Waals surface area (Å²) in [6.07, 6.45) is 1.36. The fourth-order valence-electron chi connectivity index (χ4n) is 2.89. The van der Waals surface area contributed by atoms with Gasteiger partial charge in [-0.2, -0.15) is 9.49 Å². The quantitative estimate of drug-likeness (QED) is 0.522. The van der Waals surface area contributed by atoms with E-state index in [1.165, 1.54) is 19.4 Å². The molecule has 0 spiro atoms. The van der Waals surface area contributed by atoms with E-state index in [0.717, 1.165) is 10.8 Å². The minimum atomic E-state index is -0.575. The van der Waals surface area contributed by atoms with Crippen LogP contribution in [0.2, 0.25) is 0 Å². The van der Waals surface area contributed by atoms with Crippen LogP contribution in [0, 0.1) is 5.95 Å². The standard InChI is InChI=1S/C21H15FN2O3/c1-26-21(25)17-11-15(18-12-23-24-20(18)22)7-9-19(17)27-16-8-6-13-4-2-3-5-14(13)10-16/h2-12H,1H3,(H,23,24). The van der Waals surface area contributed by atoms with Gasteiger partial charge in [0.25, 0.3) is 0 Å². The van der Waals surface area contributed by atoms with E-state index >= 15 is 0 Å². The predicted molar refractivity (Wildman–Crippen MR) is 99.3 cm³/mol. The van der Waals surface area contributed by atoms with E-state index in [4.69, 9.17) is 9.47 Å². The Morgan fingerprint density at radius 3 is 2.59 bits per heavy atom. The largest absolute Gasteiger partial charge is 0.465 e. The summed E-state index contributed by atoms with van der Waals surface area (Å²) in [5, 5.41) is 8.01. The fraction of sp³-hybridized carbons (Fsp3) is 0.0476. The molecule has 1 heterocycles. The Morgan fingerprint density at radius 2 is 1.85 bits per heavy atom. The van der Waals surface area contributed by atoms with Gasteiger partial charge >= 0.3 is 5.97 Å². The number of benzene rings is 3. The maximum Gasteiger partial charge on any atom is 0.341 e. The zero-order valence-electron chi connectivity index (χ0n) is 14.4. The lowest BCUT2D eigenvalue weighted by molar-refractivity contribution is 0.0598. The zero-order chi connectivity index (χ0) is 18.8. The second kappa shape index (κ2) is 6.92. The summed E-state index contributed by atoms with van der Waals surface area (Å²) >= 11 is 0. The lowest BCUT2D eigenvalue weighted by Crippen LogP contribution is -2.04. The minimum Gasteiger partial charge on any atom is -0.465 e. The van der Waals surface area contributed by atoms with Crippen LogP contribution in [-0.2, 0) is 4.74 Å². The van der Waals surface area contributed by atoms with Crippen molar-refractivity contribution in [2.75, 3.05) is 7.11 Å².